The SMILES string of the molecule is OC(c1ccncc1)c1ccncc1F. The van der Waals surface area contributed by atoms with Crippen LogP contribution in [0, 0.1) is 5.82 Å². The third-order valence-electron chi connectivity index (χ3n) is 2.12. The second-order valence-electron chi connectivity index (χ2n) is 3.08. The van der Waals surface area contributed by atoms with Crippen molar-refractivity contribution in [1.82, 2.24) is 9.97 Å². The maximum atomic E-state index is 13.3. The Morgan fingerprint density at radius 2 is 1.73 bits per heavy atom. The van der Waals surface area contributed by atoms with E-state index in [1.807, 2.05) is 0 Å². The summed E-state index contributed by atoms with van der Waals surface area (Å²) in [6, 6.07) is 4.75. The van der Waals surface area contributed by atoms with Gasteiger partial charge in [0.2, 0.25) is 0 Å². The van der Waals surface area contributed by atoms with E-state index in [4.69, 9.17) is 0 Å². The van der Waals surface area contributed by atoms with Gasteiger partial charge in [-0.05, 0) is 23.8 Å². The van der Waals surface area contributed by atoms with Crippen molar-refractivity contribution in [3.05, 3.63) is 59.9 Å². The lowest BCUT2D eigenvalue weighted by atomic mass is 10.0. The summed E-state index contributed by atoms with van der Waals surface area (Å²) < 4.78 is 13.3. The number of rotatable bonds is 2. The number of hydrogen-bond acceptors (Lipinski definition) is 3. The van der Waals surface area contributed by atoms with Gasteiger partial charge in [0, 0.05) is 24.2 Å². The monoisotopic (exact) mass is 204 g/mol. The Kier molecular flexibility index (Phi) is 2.69. The van der Waals surface area contributed by atoms with Crippen LogP contribution < -0.4 is 0 Å². The van der Waals surface area contributed by atoms with Crippen LogP contribution in [0.25, 0.3) is 0 Å². The Labute approximate surface area is 86.3 Å². The first-order chi connectivity index (χ1) is 7.29. The van der Waals surface area contributed by atoms with Crippen molar-refractivity contribution >= 4 is 0 Å². The van der Waals surface area contributed by atoms with E-state index in [0.717, 1.165) is 6.20 Å². The summed E-state index contributed by atoms with van der Waals surface area (Å²) >= 11 is 0. The lowest BCUT2D eigenvalue weighted by molar-refractivity contribution is 0.214. The fourth-order valence-electron chi connectivity index (χ4n) is 1.33. The van der Waals surface area contributed by atoms with Gasteiger partial charge in [0.1, 0.15) is 11.9 Å². The highest BCUT2D eigenvalue weighted by atomic mass is 19.1. The molecule has 0 aromatic carbocycles. The number of aliphatic hydroxyl groups is 1. The molecule has 0 radical (unpaired) electrons. The van der Waals surface area contributed by atoms with Crippen LogP contribution in [0.2, 0.25) is 0 Å². The molecule has 2 heterocycles. The fourth-order valence-corrected chi connectivity index (χ4v) is 1.33. The molecule has 15 heavy (non-hydrogen) atoms. The molecule has 1 unspecified atom stereocenters. The highest BCUT2D eigenvalue weighted by Gasteiger charge is 2.13. The van der Waals surface area contributed by atoms with Crippen LogP contribution in [0.3, 0.4) is 0 Å². The minimum absolute atomic E-state index is 0.219. The van der Waals surface area contributed by atoms with Gasteiger partial charge in [-0.1, -0.05) is 0 Å². The van der Waals surface area contributed by atoms with Gasteiger partial charge in [-0.3, -0.25) is 9.97 Å². The first kappa shape index (κ1) is 9.73. The summed E-state index contributed by atoms with van der Waals surface area (Å²) in [6.45, 7) is 0. The van der Waals surface area contributed by atoms with Gasteiger partial charge < -0.3 is 5.11 Å². The van der Waals surface area contributed by atoms with E-state index in [-0.39, 0.29) is 5.56 Å². The predicted molar refractivity (Wildman–Crippen MR) is 52.5 cm³/mol. The van der Waals surface area contributed by atoms with Gasteiger partial charge >= 0.3 is 0 Å². The molecule has 1 atom stereocenters. The fraction of sp³-hybridized carbons (Fsp3) is 0.0909. The molecule has 2 aromatic rings. The van der Waals surface area contributed by atoms with Crippen LogP contribution in [0.1, 0.15) is 17.2 Å². The van der Waals surface area contributed by atoms with Crippen molar-refractivity contribution in [2.24, 2.45) is 0 Å². The van der Waals surface area contributed by atoms with Crippen molar-refractivity contribution in [3.8, 4) is 0 Å². The van der Waals surface area contributed by atoms with E-state index in [0.29, 0.717) is 5.56 Å². The molecule has 2 rings (SSSR count). The summed E-state index contributed by atoms with van der Waals surface area (Å²) in [7, 11) is 0. The van der Waals surface area contributed by atoms with Crippen LogP contribution in [0.15, 0.2) is 43.0 Å². The quantitative estimate of drug-likeness (QED) is 0.809. The molecule has 0 aliphatic carbocycles. The van der Waals surface area contributed by atoms with Gasteiger partial charge in [0.05, 0.1) is 6.20 Å². The van der Waals surface area contributed by atoms with E-state index in [1.165, 1.54) is 12.3 Å². The van der Waals surface area contributed by atoms with Crippen molar-refractivity contribution < 1.29 is 9.50 Å². The summed E-state index contributed by atoms with van der Waals surface area (Å²) in [6.07, 6.45) is 4.66. The molecule has 0 saturated heterocycles. The van der Waals surface area contributed by atoms with E-state index >= 15 is 0 Å². The topological polar surface area (TPSA) is 46.0 Å². The van der Waals surface area contributed by atoms with Crippen molar-refractivity contribution in [1.29, 1.82) is 0 Å². The Morgan fingerprint density at radius 1 is 1.07 bits per heavy atom. The lowest BCUT2D eigenvalue weighted by Crippen LogP contribution is -2.02. The Bertz CT molecular complexity index is 447. The number of nitrogens with zero attached hydrogens (tertiary/aromatic N) is 2. The maximum absolute atomic E-state index is 13.3. The summed E-state index contributed by atoms with van der Waals surface area (Å²) in [4.78, 5) is 7.45. The van der Waals surface area contributed by atoms with E-state index in [2.05, 4.69) is 9.97 Å². The molecule has 3 nitrogen and oxygen atoms in total. The smallest absolute Gasteiger partial charge is 0.147 e. The van der Waals surface area contributed by atoms with Crippen LogP contribution in [-0.4, -0.2) is 15.1 Å². The third-order valence-corrected chi connectivity index (χ3v) is 2.12. The average Bonchev–Trinajstić information content (AvgIpc) is 2.30. The second kappa shape index (κ2) is 4.14. The zero-order chi connectivity index (χ0) is 10.7. The number of aliphatic hydroxyl groups excluding tert-OH is 1. The molecule has 0 aliphatic heterocycles. The molecular formula is C11H9FN2O. The van der Waals surface area contributed by atoms with Crippen molar-refractivity contribution in [2.45, 2.75) is 6.10 Å². The van der Waals surface area contributed by atoms with Gasteiger partial charge in [-0.2, -0.15) is 0 Å². The number of hydrogen-bond donors (Lipinski definition) is 1. The highest BCUT2D eigenvalue weighted by molar-refractivity contribution is 5.27. The van der Waals surface area contributed by atoms with Gasteiger partial charge in [-0.25, -0.2) is 4.39 Å². The number of aromatic nitrogens is 2. The first-order valence-corrected chi connectivity index (χ1v) is 4.46. The summed E-state index contributed by atoms with van der Waals surface area (Å²) in [5.74, 6) is -0.512. The molecule has 0 amide bonds. The van der Waals surface area contributed by atoms with Crippen LogP contribution in [0.4, 0.5) is 4.39 Å². The Morgan fingerprint density at radius 3 is 2.40 bits per heavy atom. The van der Waals surface area contributed by atoms with Crippen LogP contribution in [0.5, 0.6) is 0 Å². The lowest BCUT2D eigenvalue weighted by Gasteiger charge is -2.11. The maximum Gasteiger partial charge on any atom is 0.147 e. The molecule has 76 valence electrons. The Hall–Kier alpha value is -1.81. The van der Waals surface area contributed by atoms with Crippen molar-refractivity contribution in [2.75, 3.05) is 0 Å². The van der Waals surface area contributed by atoms with Gasteiger partial charge in [-0.15, -0.1) is 0 Å². The molecule has 0 spiro atoms. The summed E-state index contributed by atoms with van der Waals surface area (Å²) in [5.41, 5.74) is 0.825. The molecule has 0 bridgehead atoms. The molecule has 0 saturated carbocycles. The average molecular weight is 204 g/mol. The number of halogens is 1. The minimum atomic E-state index is -0.976. The van der Waals surface area contributed by atoms with Crippen LogP contribution in [-0.2, 0) is 0 Å². The largest absolute Gasteiger partial charge is 0.384 e. The number of pyridine rings is 2. The normalized spacial score (nSPS) is 12.4. The molecule has 0 fully saturated rings. The molecule has 0 aliphatic rings. The molecular weight excluding hydrogens is 195 g/mol. The third kappa shape index (κ3) is 1.99. The molecule has 2 aromatic heterocycles. The summed E-state index contributed by atoms with van der Waals surface area (Å²) in [5, 5.41) is 9.88. The Balaban J connectivity index is 2.37. The zero-order valence-electron chi connectivity index (χ0n) is 7.84. The van der Waals surface area contributed by atoms with Crippen molar-refractivity contribution in [3.63, 3.8) is 0 Å². The minimum Gasteiger partial charge on any atom is -0.384 e. The zero-order valence-corrected chi connectivity index (χ0v) is 7.84. The first-order valence-electron chi connectivity index (χ1n) is 4.46. The standard InChI is InChI=1S/C11H9FN2O/c12-10-7-14-6-3-9(10)11(15)8-1-4-13-5-2-8/h1-7,11,15H. The van der Waals surface area contributed by atoms with E-state index in [9.17, 15) is 9.50 Å². The van der Waals surface area contributed by atoms with Gasteiger partial charge in [0.15, 0.2) is 0 Å². The molecule has 4 heteroatoms. The van der Waals surface area contributed by atoms with E-state index < -0.39 is 11.9 Å². The van der Waals surface area contributed by atoms with Crippen LogP contribution >= 0.6 is 0 Å². The highest BCUT2D eigenvalue weighted by Crippen LogP contribution is 2.22. The molecule has 1 N–H and O–H groups in total. The second-order valence-corrected chi connectivity index (χ2v) is 3.08. The van der Waals surface area contributed by atoms with E-state index in [1.54, 1.807) is 24.5 Å². The van der Waals surface area contributed by atoms with Gasteiger partial charge in [0.25, 0.3) is 0 Å². The predicted octanol–water partition coefficient (Wildman–Crippen LogP) is 1.70.